The first-order valence-corrected chi connectivity index (χ1v) is 0. The molecule has 0 aliphatic heterocycles. The van der Waals surface area contributed by atoms with E-state index < -0.39 is 0 Å². The summed E-state index contributed by atoms with van der Waals surface area (Å²) in [4.78, 5) is 0. The summed E-state index contributed by atoms with van der Waals surface area (Å²) in [5.41, 5.74) is 0. The Morgan fingerprint density at radius 2 is 0.667 bits per heavy atom. The summed E-state index contributed by atoms with van der Waals surface area (Å²) < 4.78 is 0. The van der Waals surface area contributed by atoms with Gasteiger partial charge in [0.05, 0.1) is 0 Å². The van der Waals surface area contributed by atoms with Crippen LogP contribution >= 0.6 is 0 Å². The molecular weight excluding hydrogens is 252 g/mol. The third kappa shape index (κ3) is 38.7. The standard InChI is InChI=1S/Ce.4H2O.Ti/h;4*1H2;/p-1. The van der Waals surface area contributed by atoms with Crippen LogP contribution in [0, 0.1) is 41.7 Å². The number of rotatable bonds is 0. The molecule has 0 unspecified atom stereocenters. The molecule has 6 heteroatoms. The first kappa shape index (κ1) is 102. The van der Waals surface area contributed by atoms with Crippen LogP contribution in [0.4, 0.5) is 0 Å². The van der Waals surface area contributed by atoms with E-state index in [1.54, 1.807) is 0 Å². The summed E-state index contributed by atoms with van der Waals surface area (Å²) in [7, 11) is 0. The molecule has 0 atom stereocenters. The second kappa shape index (κ2) is 65.4. The van der Waals surface area contributed by atoms with Crippen molar-refractivity contribution in [3.63, 3.8) is 0 Å². The Labute approximate surface area is 84.2 Å². The molecule has 0 aromatic rings. The van der Waals surface area contributed by atoms with Crippen molar-refractivity contribution >= 4 is 0 Å². The van der Waals surface area contributed by atoms with Gasteiger partial charge in [0.2, 0.25) is 0 Å². The van der Waals surface area contributed by atoms with Gasteiger partial charge in [0.15, 0.2) is 0 Å². The molecule has 0 aromatic heterocycles. The van der Waals surface area contributed by atoms with Crippen molar-refractivity contribution in [2.75, 3.05) is 0 Å². The van der Waals surface area contributed by atoms with Gasteiger partial charge in [0.1, 0.15) is 0 Å². The molecule has 0 aliphatic rings. The van der Waals surface area contributed by atoms with E-state index in [0.717, 1.165) is 0 Å². The summed E-state index contributed by atoms with van der Waals surface area (Å²) in [5, 5.41) is 0. The molecular formula is H7CeO4Ti-. The molecule has 6 heavy (non-hydrogen) atoms. The SMILES string of the molecule is O.O.O.[Ce].[OH-].[Ti]. The first-order valence-electron chi connectivity index (χ1n) is 0. The average molecular weight is 259 g/mol. The van der Waals surface area contributed by atoms with Crippen LogP contribution in [0.25, 0.3) is 0 Å². The molecule has 40 valence electrons. The van der Waals surface area contributed by atoms with Gasteiger partial charge in [-0.2, -0.15) is 0 Å². The Morgan fingerprint density at radius 3 is 0.667 bits per heavy atom. The normalized spacial score (nSPS) is 0. The molecule has 0 saturated heterocycles. The molecule has 4 nitrogen and oxygen atoms in total. The van der Waals surface area contributed by atoms with E-state index in [2.05, 4.69) is 0 Å². The Morgan fingerprint density at radius 1 is 0.667 bits per heavy atom. The molecule has 0 fully saturated rings. The summed E-state index contributed by atoms with van der Waals surface area (Å²) in [5.74, 6) is 0. The Kier molecular flexibility index (Phi) is 1110. The molecule has 0 aliphatic carbocycles. The third-order valence-corrected chi connectivity index (χ3v) is 0. The minimum atomic E-state index is 0. The summed E-state index contributed by atoms with van der Waals surface area (Å²) in [6.07, 6.45) is 0. The third-order valence-electron chi connectivity index (χ3n) is 0. The van der Waals surface area contributed by atoms with Crippen LogP contribution in [-0.2, 0) is 21.7 Å². The van der Waals surface area contributed by atoms with Crippen molar-refractivity contribution in [3.05, 3.63) is 0 Å². The van der Waals surface area contributed by atoms with E-state index in [-0.39, 0.29) is 85.4 Å². The van der Waals surface area contributed by atoms with E-state index >= 15 is 0 Å². The van der Waals surface area contributed by atoms with E-state index in [1.807, 2.05) is 0 Å². The maximum absolute atomic E-state index is 0. The summed E-state index contributed by atoms with van der Waals surface area (Å²) >= 11 is 0. The van der Waals surface area contributed by atoms with E-state index in [9.17, 15) is 0 Å². The Balaban J connectivity index is 0. The van der Waals surface area contributed by atoms with E-state index in [0.29, 0.717) is 0 Å². The number of hydrogen-bond acceptors (Lipinski definition) is 1. The molecule has 0 spiro atoms. The zero-order valence-electron chi connectivity index (χ0n) is 2.95. The van der Waals surface area contributed by atoms with Crippen LogP contribution in [0.5, 0.6) is 0 Å². The molecule has 0 heterocycles. The zero-order chi connectivity index (χ0) is 0. The summed E-state index contributed by atoms with van der Waals surface area (Å²) in [6, 6.07) is 0. The van der Waals surface area contributed by atoms with Crippen LogP contribution in [-0.4, -0.2) is 21.9 Å². The fraction of sp³-hybridized carbons (Fsp3) is 0. The van der Waals surface area contributed by atoms with Gasteiger partial charge in [0.25, 0.3) is 0 Å². The van der Waals surface area contributed by atoms with Crippen molar-refractivity contribution in [1.82, 2.24) is 0 Å². The van der Waals surface area contributed by atoms with E-state index in [1.165, 1.54) is 0 Å². The minimum absolute atomic E-state index is 0. The van der Waals surface area contributed by atoms with Crippen LogP contribution in [0.1, 0.15) is 0 Å². The van der Waals surface area contributed by atoms with Gasteiger partial charge in [-0.1, -0.05) is 0 Å². The topological polar surface area (TPSA) is 124 Å². The van der Waals surface area contributed by atoms with Crippen molar-refractivity contribution in [1.29, 1.82) is 0 Å². The van der Waals surface area contributed by atoms with Crippen LogP contribution in [0.2, 0.25) is 0 Å². The maximum atomic E-state index is 0. The monoisotopic (exact) mass is 259 g/mol. The predicted molar refractivity (Wildman–Crippen MR) is 12.8 cm³/mol. The Hall–Kier alpha value is 1.93. The molecule has 0 rings (SSSR count). The predicted octanol–water partition coefficient (Wildman–Crippen LogP) is -2.65. The molecule has 0 radical (unpaired) electrons. The largest absolute Gasteiger partial charge is 0.870 e. The van der Waals surface area contributed by atoms with Crippen LogP contribution in [0.3, 0.4) is 0 Å². The van der Waals surface area contributed by atoms with Gasteiger partial charge in [-0.3, -0.25) is 0 Å². The van der Waals surface area contributed by atoms with Crippen LogP contribution in [0.15, 0.2) is 0 Å². The summed E-state index contributed by atoms with van der Waals surface area (Å²) in [6.45, 7) is 0. The molecule has 0 amide bonds. The molecule has 0 aromatic carbocycles. The average Bonchev–Trinajstić information content (AvgIpc) is 0. The van der Waals surface area contributed by atoms with Gasteiger partial charge in [-0.05, 0) is 0 Å². The van der Waals surface area contributed by atoms with Gasteiger partial charge in [-0.15, -0.1) is 0 Å². The van der Waals surface area contributed by atoms with Crippen molar-refractivity contribution in [3.8, 4) is 0 Å². The minimum Gasteiger partial charge on any atom is -0.870 e. The molecule has 0 saturated carbocycles. The quantitative estimate of drug-likeness (QED) is 0.433. The van der Waals surface area contributed by atoms with Gasteiger partial charge >= 0.3 is 0 Å². The smallest absolute Gasteiger partial charge is 0 e. The van der Waals surface area contributed by atoms with Gasteiger partial charge < -0.3 is 21.9 Å². The van der Waals surface area contributed by atoms with Gasteiger partial charge in [0, 0.05) is 63.5 Å². The second-order valence-corrected chi connectivity index (χ2v) is 0. The second-order valence-electron chi connectivity index (χ2n) is 0. The zero-order valence-corrected chi connectivity index (χ0v) is 7.65. The van der Waals surface area contributed by atoms with Crippen molar-refractivity contribution < 1.29 is 85.4 Å². The van der Waals surface area contributed by atoms with E-state index in [4.69, 9.17) is 0 Å². The molecule has 7 N–H and O–H groups in total. The maximum Gasteiger partial charge on any atom is 0 e. The van der Waals surface area contributed by atoms with Gasteiger partial charge in [-0.25, -0.2) is 0 Å². The molecule has 0 bridgehead atoms. The number of hydrogen-bond donors (Lipinski definition) is 0. The first-order chi connectivity index (χ1) is 0. The van der Waals surface area contributed by atoms with Crippen LogP contribution < -0.4 is 0 Å². The fourth-order valence-electron chi connectivity index (χ4n) is 0. The fourth-order valence-corrected chi connectivity index (χ4v) is 0. The Bertz CT molecular complexity index is 7.51. The van der Waals surface area contributed by atoms with Crippen molar-refractivity contribution in [2.45, 2.75) is 0 Å². The van der Waals surface area contributed by atoms with Crippen molar-refractivity contribution in [2.24, 2.45) is 0 Å².